The van der Waals surface area contributed by atoms with Gasteiger partial charge in [0.05, 0.1) is 15.2 Å². The summed E-state index contributed by atoms with van der Waals surface area (Å²) in [7, 11) is 0. The van der Waals surface area contributed by atoms with E-state index in [-0.39, 0.29) is 22.2 Å². The minimum absolute atomic E-state index is 0.0779. The zero-order chi connectivity index (χ0) is 23.3. The maximum absolute atomic E-state index is 13.2. The Balaban J connectivity index is 1.58. The first-order valence-electron chi connectivity index (χ1n) is 9.31. The molecule has 0 aromatic heterocycles. The molecule has 32 heavy (non-hydrogen) atoms. The first-order valence-corrected chi connectivity index (χ1v) is 10.6. The number of hydrogen-bond acceptors (Lipinski definition) is 5. The van der Waals surface area contributed by atoms with Gasteiger partial charge in [0.15, 0.2) is 0 Å². The first kappa shape index (κ1) is 23.2. The van der Waals surface area contributed by atoms with Gasteiger partial charge in [-0.2, -0.15) is 0 Å². The standard InChI is InChI=1S/C22H17ClFN3O4S/c1-13(21(28)26-16-7-10-20(24)19(23)12-16)32-18-8-5-15(6-9-18)25-22(29)14-3-2-4-17(11-14)27(30)31/h2-13H,1H3,(H,25,29)(H,26,28). The molecule has 164 valence electrons. The smallest absolute Gasteiger partial charge is 0.270 e. The maximum Gasteiger partial charge on any atom is 0.270 e. The van der Waals surface area contributed by atoms with Gasteiger partial charge in [-0.05, 0) is 55.5 Å². The SMILES string of the molecule is CC(Sc1ccc(NC(=O)c2cccc([N+](=O)[O-])c2)cc1)C(=O)Nc1ccc(F)c(Cl)c1. The Hall–Kier alpha value is -3.43. The van der Waals surface area contributed by atoms with Gasteiger partial charge in [-0.15, -0.1) is 11.8 Å². The van der Waals surface area contributed by atoms with Crippen LogP contribution in [0.3, 0.4) is 0 Å². The number of benzene rings is 3. The molecule has 3 aromatic carbocycles. The number of non-ortho nitro benzene ring substituents is 1. The molecule has 0 spiro atoms. The number of amides is 2. The van der Waals surface area contributed by atoms with Gasteiger partial charge in [0.1, 0.15) is 5.82 Å². The lowest BCUT2D eigenvalue weighted by molar-refractivity contribution is -0.384. The van der Waals surface area contributed by atoms with Crippen LogP contribution in [0.15, 0.2) is 71.6 Å². The van der Waals surface area contributed by atoms with Crippen molar-refractivity contribution in [2.24, 2.45) is 0 Å². The van der Waals surface area contributed by atoms with E-state index in [9.17, 15) is 24.1 Å². The van der Waals surface area contributed by atoms with Gasteiger partial charge in [0, 0.05) is 34.0 Å². The van der Waals surface area contributed by atoms with E-state index < -0.39 is 21.9 Å². The number of nitro benzene ring substituents is 1. The minimum Gasteiger partial charge on any atom is -0.325 e. The Morgan fingerprint density at radius 1 is 1.03 bits per heavy atom. The summed E-state index contributed by atoms with van der Waals surface area (Å²) in [4.78, 5) is 35.8. The topological polar surface area (TPSA) is 101 Å². The molecule has 2 N–H and O–H groups in total. The van der Waals surface area contributed by atoms with Crippen LogP contribution in [0.2, 0.25) is 5.02 Å². The molecule has 0 saturated heterocycles. The van der Waals surface area contributed by atoms with Crippen molar-refractivity contribution < 1.29 is 18.9 Å². The van der Waals surface area contributed by atoms with Gasteiger partial charge in [-0.3, -0.25) is 19.7 Å². The van der Waals surface area contributed by atoms with Gasteiger partial charge >= 0.3 is 0 Å². The highest BCUT2D eigenvalue weighted by Gasteiger charge is 2.16. The third-order valence-electron chi connectivity index (χ3n) is 4.30. The molecule has 0 saturated carbocycles. The van der Waals surface area contributed by atoms with Crippen molar-refractivity contribution in [2.75, 3.05) is 10.6 Å². The van der Waals surface area contributed by atoms with Crippen molar-refractivity contribution in [3.8, 4) is 0 Å². The maximum atomic E-state index is 13.2. The summed E-state index contributed by atoms with van der Waals surface area (Å²) in [5, 5.41) is 15.7. The Morgan fingerprint density at radius 2 is 1.72 bits per heavy atom. The number of carbonyl (C=O) groups excluding carboxylic acids is 2. The molecule has 0 bridgehead atoms. The van der Waals surface area contributed by atoms with E-state index in [1.807, 2.05) is 0 Å². The summed E-state index contributed by atoms with van der Waals surface area (Å²) in [5.74, 6) is -1.31. The first-order chi connectivity index (χ1) is 15.2. The molecular formula is C22H17ClFN3O4S. The molecule has 3 aromatic rings. The second-order valence-electron chi connectivity index (χ2n) is 6.66. The van der Waals surface area contributed by atoms with Crippen molar-refractivity contribution in [3.63, 3.8) is 0 Å². The van der Waals surface area contributed by atoms with Crippen molar-refractivity contribution in [1.29, 1.82) is 0 Å². The Labute approximate surface area is 192 Å². The predicted molar refractivity (Wildman–Crippen MR) is 123 cm³/mol. The highest BCUT2D eigenvalue weighted by atomic mass is 35.5. The molecule has 0 fully saturated rings. The molecule has 3 rings (SSSR count). The molecule has 0 aliphatic heterocycles. The van der Waals surface area contributed by atoms with Crippen molar-refractivity contribution in [1.82, 2.24) is 0 Å². The summed E-state index contributed by atoms with van der Waals surface area (Å²) in [6.45, 7) is 1.73. The molecule has 2 amide bonds. The zero-order valence-electron chi connectivity index (χ0n) is 16.7. The van der Waals surface area contributed by atoms with Gasteiger partial charge < -0.3 is 10.6 Å². The van der Waals surface area contributed by atoms with E-state index in [1.54, 1.807) is 31.2 Å². The fraction of sp³-hybridized carbons (Fsp3) is 0.0909. The lowest BCUT2D eigenvalue weighted by Gasteiger charge is -2.13. The Morgan fingerprint density at radius 3 is 2.38 bits per heavy atom. The third kappa shape index (κ3) is 6.05. The summed E-state index contributed by atoms with van der Waals surface area (Å²) in [6, 6.07) is 16.2. The van der Waals surface area contributed by atoms with Crippen LogP contribution in [-0.4, -0.2) is 22.0 Å². The lowest BCUT2D eigenvalue weighted by Crippen LogP contribution is -2.22. The molecule has 10 heteroatoms. The van der Waals surface area contributed by atoms with Crippen LogP contribution in [-0.2, 0) is 4.79 Å². The third-order valence-corrected chi connectivity index (χ3v) is 5.70. The second kappa shape index (κ2) is 10.3. The molecular weight excluding hydrogens is 457 g/mol. The van der Waals surface area contributed by atoms with Crippen molar-refractivity contribution in [2.45, 2.75) is 17.1 Å². The summed E-state index contributed by atoms with van der Waals surface area (Å²) < 4.78 is 13.2. The van der Waals surface area contributed by atoms with Gasteiger partial charge in [-0.25, -0.2) is 4.39 Å². The zero-order valence-corrected chi connectivity index (χ0v) is 18.2. The molecule has 7 nitrogen and oxygen atoms in total. The average molecular weight is 474 g/mol. The molecule has 0 aliphatic carbocycles. The van der Waals surface area contributed by atoms with Gasteiger partial charge in [0.25, 0.3) is 11.6 Å². The quantitative estimate of drug-likeness (QED) is 0.258. The molecule has 0 radical (unpaired) electrons. The van der Waals surface area contributed by atoms with Crippen LogP contribution in [0.4, 0.5) is 21.5 Å². The van der Waals surface area contributed by atoms with Crippen molar-refractivity contribution in [3.05, 3.63) is 93.2 Å². The van der Waals surface area contributed by atoms with Crippen LogP contribution in [0.5, 0.6) is 0 Å². The van der Waals surface area contributed by atoms with E-state index >= 15 is 0 Å². The minimum atomic E-state index is -0.565. The Kier molecular flexibility index (Phi) is 7.45. The molecule has 1 atom stereocenters. The number of anilines is 2. The number of hydrogen-bond donors (Lipinski definition) is 2. The number of carbonyl (C=O) groups is 2. The highest BCUT2D eigenvalue weighted by Crippen LogP contribution is 2.27. The fourth-order valence-corrected chi connectivity index (χ4v) is 3.70. The number of nitrogens with zero attached hydrogens (tertiary/aromatic N) is 1. The van der Waals surface area contributed by atoms with Crippen LogP contribution in [0, 0.1) is 15.9 Å². The van der Waals surface area contributed by atoms with Crippen LogP contribution in [0.25, 0.3) is 0 Å². The van der Waals surface area contributed by atoms with E-state index in [4.69, 9.17) is 11.6 Å². The number of rotatable bonds is 7. The van der Waals surface area contributed by atoms with Gasteiger partial charge in [-0.1, -0.05) is 17.7 Å². The monoisotopic (exact) mass is 473 g/mol. The molecule has 0 aliphatic rings. The second-order valence-corrected chi connectivity index (χ2v) is 8.49. The predicted octanol–water partition coefficient (Wildman–Crippen LogP) is 5.76. The largest absolute Gasteiger partial charge is 0.325 e. The van der Waals surface area contributed by atoms with E-state index in [2.05, 4.69) is 10.6 Å². The van der Waals surface area contributed by atoms with E-state index in [0.29, 0.717) is 11.4 Å². The number of nitrogens with one attached hydrogen (secondary N) is 2. The van der Waals surface area contributed by atoms with Crippen LogP contribution in [0.1, 0.15) is 17.3 Å². The van der Waals surface area contributed by atoms with E-state index in [0.717, 1.165) is 4.90 Å². The summed E-state index contributed by atoms with van der Waals surface area (Å²) in [5.41, 5.74) is 0.903. The summed E-state index contributed by atoms with van der Waals surface area (Å²) >= 11 is 7.03. The normalized spacial score (nSPS) is 11.5. The Bertz CT molecular complexity index is 1170. The fourth-order valence-electron chi connectivity index (χ4n) is 2.66. The molecule has 1 unspecified atom stereocenters. The number of halogens is 2. The average Bonchev–Trinajstić information content (AvgIpc) is 2.77. The van der Waals surface area contributed by atoms with E-state index in [1.165, 1.54) is 54.2 Å². The highest BCUT2D eigenvalue weighted by molar-refractivity contribution is 8.00. The van der Waals surface area contributed by atoms with Crippen LogP contribution >= 0.6 is 23.4 Å². The van der Waals surface area contributed by atoms with Gasteiger partial charge in [0.2, 0.25) is 5.91 Å². The summed E-state index contributed by atoms with van der Waals surface area (Å²) in [6.07, 6.45) is 0. The van der Waals surface area contributed by atoms with Crippen LogP contribution < -0.4 is 10.6 Å². The lowest BCUT2D eigenvalue weighted by atomic mass is 10.2. The number of nitro groups is 1. The van der Waals surface area contributed by atoms with Crippen molar-refractivity contribution >= 4 is 52.2 Å². The molecule has 0 heterocycles. The number of thioether (sulfide) groups is 1.